The molecule has 0 spiro atoms. The van der Waals surface area contributed by atoms with Gasteiger partial charge in [0.2, 0.25) is 0 Å². The third-order valence-corrected chi connectivity index (χ3v) is 9.70. The number of thiol groups is 1. The first-order chi connectivity index (χ1) is 14.4. The number of hydrogen-bond donors (Lipinski definition) is 1. The van der Waals surface area contributed by atoms with Crippen LogP contribution in [0.15, 0.2) is 97.5 Å². The van der Waals surface area contributed by atoms with Crippen molar-refractivity contribution in [3.8, 4) is 11.1 Å². The van der Waals surface area contributed by atoms with E-state index in [0.717, 1.165) is 37.2 Å². The molecule has 4 rings (SSSR count). The van der Waals surface area contributed by atoms with Crippen LogP contribution in [0, 0.1) is 0 Å². The van der Waals surface area contributed by atoms with Gasteiger partial charge >= 0.3 is 201 Å². The van der Waals surface area contributed by atoms with Crippen molar-refractivity contribution in [3.63, 3.8) is 0 Å². The van der Waals surface area contributed by atoms with E-state index in [0.29, 0.717) is 0 Å². The molecular formula is C26H25N2PbS. The van der Waals surface area contributed by atoms with Gasteiger partial charge in [0.15, 0.2) is 0 Å². The van der Waals surface area contributed by atoms with Crippen molar-refractivity contribution in [1.29, 1.82) is 0 Å². The molecule has 0 fully saturated rings. The predicted molar refractivity (Wildman–Crippen MR) is 129 cm³/mol. The quantitative estimate of drug-likeness (QED) is 0.222. The van der Waals surface area contributed by atoms with Gasteiger partial charge in [0, 0.05) is 0 Å². The maximum atomic E-state index is 4.78. The van der Waals surface area contributed by atoms with Gasteiger partial charge in [0.05, 0.1) is 0 Å². The van der Waals surface area contributed by atoms with E-state index in [2.05, 4.69) is 122 Å². The standard InChI is InChI=1S/C26H25N2S.Pb/c1-26(2,18-29)24-17-28(19-27-24)25(22-11-7-4-8-12-22)23-15-13-21(14-16-23)20-9-5-3-6-10-20;/h3-17,19,29H,18H2,1-2H3;. The summed E-state index contributed by atoms with van der Waals surface area (Å²) in [5.41, 5.74) is 6.06. The van der Waals surface area contributed by atoms with Gasteiger partial charge in [-0.25, -0.2) is 0 Å². The number of imidazole rings is 1. The van der Waals surface area contributed by atoms with E-state index >= 15 is 0 Å². The van der Waals surface area contributed by atoms with Gasteiger partial charge < -0.3 is 0 Å². The fourth-order valence-corrected chi connectivity index (χ4v) is 5.55. The third kappa shape index (κ3) is 4.02. The zero-order valence-electron chi connectivity index (χ0n) is 17.3. The summed E-state index contributed by atoms with van der Waals surface area (Å²) in [5, 5.41) is 0. The summed E-state index contributed by atoms with van der Waals surface area (Å²) in [5.74, 6) is 0.759. The molecule has 0 aliphatic rings. The molecule has 149 valence electrons. The molecule has 3 aromatic carbocycles. The van der Waals surface area contributed by atoms with E-state index in [1.165, 1.54) is 22.3 Å². The van der Waals surface area contributed by atoms with Gasteiger partial charge in [0.1, 0.15) is 0 Å². The second kappa shape index (κ2) is 8.71. The first-order valence-corrected chi connectivity index (χ1v) is 12.6. The van der Waals surface area contributed by atoms with Crippen LogP contribution < -0.4 is 0 Å². The van der Waals surface area contributed by atoms with Crippen molar-refractivity contribution >= 4 is 38.4 Å². The molecule has 3 radical (unpaired) electrons. The minimum atomic E-state index is -0.228. The fourth-order valence-electron chi connectivity index (χ4n) is 3.62. The average molecular weight is 605 g/mol. The molecule has 4 aromatic rings. The summed E-state index contributed by atoms with van der Waals surface area (Å²) in [6.07, 6.45) is 4.20. The van der Waals surface area contributed by atoms with Crippen LogP contribution in [0.5, 0.6) is 0 Å². The maximum absolute atomic E-state index is 4.78. The van der Waals surface area contributed by atoms with Crippen LogP contribution in [-0.4, -0.2) is 41.1 Å². The van der Waals surface area contributed by atoms with E-state index in [-0.39, 0.29) is 8.51 Å². The summed E-state index contributed by atoms with van der Waals surface area (Å²) in [6.45, 7) is 4.39. The number of hydrogen-bond acceptors (Lipinski definition) is 2. The van der Waals surface area contributed by atoms with Crippen LogP contribution in [0.1, 0.15) is 30.7 Å². The SMILES string of the molecule is CC(C)(CS)c1cn([C]([Pb])(c2ccccc2)c2ccc(-c3ccccc3)cc2)cn1. The molecule has 0 aliphatic carbocycles. The van der Waals surface area contributed by atoms with E-state index in [1.54, 1.807) is 0 Å². The van der Waals surface area contributed by atoms with Crippen molar-refractivity contribution < 1.29 is 0 Å². The van der Waals surface area contributed by atoms with Crippen LogP contribution in [0.25, 0.3) is 11.1 Å². The Bertz CT molecular complexity index is 1100. The van der Waals surface area contributed by atoms with Gasteiger partial charge in [0.25, 0.3) is 0 Å². The molecule has 0 aliphatic heterocycles. The minimum absolute atomic E-state index is 0.0648. The Morgan fingerprint density at radius 2 is 1.33 bits per heavy atom. The number of benzene rings is 3. The Balaban J connectivity index is 1.82. The van der Waals surface area contributed by atoms with Crippen molar-refractivity contribution in [3.05, 3.63) is 114 Å². The van der Waals surface area contributed by atoms with Gasteiger partial charge in [-0.1, -0.05) is 0 Å². The molecule has 1 aromatic heterocycles. The van der Waals surface area contributed by atoms with Crippen molar-refractivity contribution in [1.82, 2.24) is 9.55 Å². The van der Waals surface area contributed by atoms with Gasteiger partial charge in [-0.3, -0.25) is 0 Å². The summed E-state index contributed by atoms with van der Waals surface area (Å²) in [4.78, 5) is 4.78. The van der Waals surface area contributed by atoms with Crippen LogP contribution in [0.2, 0.25) is 0 Å². The molecule has 2 nitrogen and oxygen atoms in total. The number of nitrogens with zero attached hydrogens (tertiary/aromatic N) is 2. The second-order valence-corrected chi connectivity index (χ2v) is 11.4. The van der Waals surface area contributed by atoms with Crippen LogP contribution in [0.4, 0.5) is 0 Å². The molecule has 1 atom stereocenters. The van der Waals surface area contributed by atoms with Crippen molar-refractivity contribution in [2.24, 2.45) is 0 Å². The Kier molecular flexibility index (Phi) is 6.21. The fraction of sp³-hybridized carbons (Fsp3) is 0.192. The number of aromatic nitrogens is 2. The third-order valence-electron chi connectivity index (χ3n) is 5.66. The average Bonchev–Trinajstić information content (AvgIpc) is 3.32. The summed E-state index contributed by atoms with van der Waals surface area (Å²) in [7, 11) is 0. The topological polar surface area (TPSA) is 17.8 Å². The first-order valence-electron chi connectivity index (χ1n) is 10.1. The van der Waals surface area contributed by atoms with Gasteiger partial charge in [-0.2, -0.15) is 0 Å². The Morgan fingerprint density at radius 1 is 0.800 bits per heavy atom. The predicted octanol–water partition coefficient (Wildman–Crippen LogP) is 5.68. The van der Waals surface area contributed by atoms with Crippen LogP contribution >= 0.6 is 12.6 Å². The number of rotatable bonds is 6. The Morgan fingerprint density at radius 3 is 1.93 bits per heavy atom. The second-order valence-electron chi connectivity index (χ2n) is 8.23. The molecule has 0 saturated carbocycles. The molecule has 30 heavy (non-hydrogen) atoms. The van der Waals surface area contributed by atoms with Gasteiger partial charge in [-0.05, 0) is 0 Å². The van der Waals surface area contributed by atoms with Crippen molar-refractivity contribution in [2.45, 2.75) is 22.4 Å². The molecular weight excluding hydrogens is 580 g/mol. The van der Waals surface area contributed by atoms with Gasteiger partial charge in [-0.15, -0.1) is 0 Å². The molecule has 1 heterocycles. The van der Waals surface area contributed by atoms with Crippen LogP contribution in [0.3, 0.4) is 0 Å². The molecule has 1 unspecified atom stereocenters. The molecule has 0 N–H and O–H groups in total. The summed E-state index contributed by atoms with van der Waals surface area (Å²) in [6, 6.07) is 30.3. The normalized spacial score (nSPS) is 13.7. The molecule has 4 heteroatoms. The van der Waals surface area contributed by atoms with Crippen molar-refractivity contribution in [2.75, 3.05) is 5.75 Å². The molecule has 0 bridgehead atoms. The summed E-state index contributed by atoms with van der Waals surface area (Å²) >= 11 is 5.44. The summed E-state index contributed by atoms with van der Waals surface area (Å²) < 4.78 is 2.07. The molecule has 0 saturated heterocycles. The zero-order chi connectivity index (χ0) is 21.2. The van der Waals surface area contributed by atoms with E-state index < -0.39 is 0 Å². The Hall–Kier alpha value is -1.86. The first kappa shape index (κ1) is 21.4. The van der Waals surface area contributed by atoms with E-state index in [9.17, 15) is 0 Å². The van der Waals surface area contributed by atoms with E-state index in [1.807, 2.05) is 6.33 Å². The Labute approximate surface area is 200 Å². The van der Waals surface area contributed by atoms with E-state index in [4.69, 9.17) is 4.98 Å². The zero-order valence-corrected chi connectivity index (χ0v) is 22.1. The monoisotopic (exact) mass is 605 g/mol. The van der Waals surface area contributed by atoms with Crippen LogP contribution in [-0.2, 0) is 8.51 Å². The molecule has 0 amide bonds.